The molecule has 2 aromatic rings. The lowest BCUT2D eigenvalue weighted by Crippen LogP contribution is -2.01. The number of carbonyl (C=O) groups excluding carboxylic acids is 1. The molecule has 0 spiro atoms. The SMILES string of the molecule is COC(=O)CCc1ccc(-c2ccc(O)cc2)cc1. The normalized spacial score (nSPS) is 10.2. The van der Waals surface area contributed by atoms with Crippen molar-refractivity contribution in [1.82, 2.24) is 0 Å². The van der Waals surface area contributed by atoms with Crippen LogP contribution in [0.3, 0.4) is 0 Å². The summed E-state index contributed by atoms with van der Waals surface area (Å²) in [6, 6.07) is 15.1. The monoisotopic (exact) mass is 256 g/mol. The van der Waals surface area contributed by atoms with Crippen LogP contribution in [-0.2, 0) is 16.0 Å². The van der Waals surface area contributed by atoms with Crippen LogP contribution in [0.2, 0.25) is 0 Å². The molecular weight excluding hydrogens is 240 g/mol. The number of esters is 1. The van der Waals surface area contributed by atoms with Gasteiger partial charge in [-0.3, -0.25) is 4.79 Å². The molecule has 0 saturated carbocycles. The second-order valence-corrected chi connectivity index (χ2v) is 4.32. The van der Waals surface area contributed by atoms with Crippen LogP contribution in [0, 0.1) is 0 Å². The van der Waals surface area contributed by atoms with Crippen LogP contribution in [0.15, 0.2) is 48.5 Å². The van der Waals surface area contributed by atoms with Gasteiger partial charge in [-0.1, -0.05) is 36.4 Å². The molecule has 0 saturated heterocycles. The molecule has 19 heavy (non-hydrogen) atoms. The standard InChI is InChI=1S/C16H16O3/c1-19-16(18)11-4-12-2-5-13(6-3-12)14-7-9-15(17)10-8-14/h2-3,5-10,17H,4,11H2,1H3. The number of hydrogen-bond donors (Lipinski definition) is 1. The van der Waals surface area contributed by atoms with Crippen LogP contribution in [-0.4, -0.2) is 18.2 Å². The van der Waals surface area contributed by atoms with Crippen LogP contribution < -0.4 is 0 Å². The Balaban J connectivity index is 2.06. The highest BCUT2D eigenvalue weighted by Crippen LogP contribution is 2.22. The average Bonchev–Trinajstić information content (AvgIpc) is 2.46. The number of phenolic OH excluding ortho intramolecular Hbond substituents is 1. The summed E-state index contributed by atoms with van der Waals surface area (Å²) < 4.78 is 4.61. The molecule has 1 N–H and O–H groups in total. The van der Waals surface area contributed by atoms with Crippen LogP contribution in [0.4, 0.5) is 0 Å². The Morgan fingerprint density at radius 3 is 2.05 bits per heavy atom. The van der Waals surface area contributed by atoms with E-state index in [1.807, 2.05) is 36.4 Å². The molecule has 0 radical (unpaired) electrons. The van der Waals surface area contributed by atoms with E-state index < -0.39 is 0 Å². The van der Waals surface area contributed by atoms with Crippen molar-refractivity contribution >= 4 is 5.97 Å². The molecule has 0 aromatic heterocycles. The van der Waals surface area contributed by atoms with Gasteiger partial charge in [0.2, 0.25) is 0 Å². The molecule has 0 atom stereocenters. The van der Waals surface area contributed by atoms with Gasteiger partial charge in [-0.05, 0) is 35.2 Å². The molecule has 0 aliphatic heterocycles. The summed E-state index contributed by atoms with van der Waals surface area (Å²) in [5, 5.41) is 9.25. The van der Waals surface area contributed by atoms with Crippen LogP contribution >= 0.6 is 0 Å². The Labute approximate surface area is 112 Å². The van der Waals surface area contributed by atoms with E-state index in [-0.39, 0.29) is 11.7 Å². The van der Waals surface area contributed by atoms with E-state index in [1.54, 1.807) is 12.1 Å². The molecule has 0 heterocycles. The van der Waals surface area contributed by atoms with Crippen LogP contribution in [0.1, 0.15) is 12.0 Å². The van der Waals surface area contributed by atoms with Gasteiger partial charge in [-0.15, -0.1) is 0 Å². The third-order valence-corrected chi connectivity index (χ3v) is 3.00. The summed E-state index contributed by atoms with van der Waals surface area (Å²) in [7, 11) is 1.40. The number of aryl methyl sites for hydroxylation is 1. The van der Waals surface area contributed by atoms with E-state index in [4.69, 9.17) is 0 Å². The molecule has 0 bridgehead atoms. The molecule has 2 aromatic carbocycles. The Morgan fingerprint density at radius 1 is 1.00 bits per heavy atom. The van der Waals surface area contributed by atoms with E-state index in [2.05, 4.69) is 4.74 Å². The quantitative estimate of drug-likeness (QED) is 0.855. The lowest BCUT2D eigenvalue weighted by molar-refractivity contribution is -0.140. The molecule has 0 amide bonds. The topological polar surface area (TPSA) is 46.5 Å². The second-order valence-electron chi connectivity index (χ2n) is 4.32. The van der Waals surface area contributed by atoms with Gasteiger partial charge in [-0.2, -0.15) is 0 Å². The van der Waals surface area contributed by atoms with Crippen molar-refractivity contribution in [2.24, 2.45) is 0 Å². The summed E-state index contributed by atoms with van der Waals surface area (Å²) in [6.07, 6.45) is 1.08. The van der Waals surface area contributed by atoms with Crippen molar-refractivity contribution in [3.05, 3.63) is 54.1 Å². The fourth-order valence-corrected chi connectivity index (χ4v) is 1.87. The molecule has 0 aliphatic rings. The van der Waals surface area contributed by atoms with Gasteiger partial charge in [0.15, 0.2) is 0 Å². The molecule has 0 aliphatic carbocycles. The predicted molar refractivity (Wildman–Crippen MR) is 73.9 cm³/mol. The minimum absolute atomic E-state index is 0.192. The van der Waals surface area contributed by atoms with Gasteiger partial charge in [0.1, 0.15) is 5.75 Å². The zero-order valence-corrected chi connectivity index (χ0v) is 10.8. The lowest BCUT2D eigenvalue weighted by Gasteiger charge is -2.04. The van der Waals surface area contributed by atoms with E-state index in [0.29, 0.717) is 12.8 Å². The molecule has 98 valence electrons. The number of ether oxygens (including phenoxy) is 1. The van der Waals surface area contributed by atoms with Crippen LogP contribution in [0.25, 0.3) is 11.1 Å². The third-order valence-electron chi connectivity index (χ3n) is 3.00. The Bertz CT molecular complexity index is 541. The number of phenols is 1. The maximum Gasteiger partial charge on any atom is 0.305 e. The minimum Gasteiger partial charge on any atom is -0.508 e. The zero-order chi connectivity index (χ0) is 13.7. The smallest absolute Gasteiger partial charge is 0.305 e. The first-order valence-corrected chi connectivity index (χ1v) is 6.14. The highest BCUT2D eigenvalue weighted by atomic mass is 16.5. The summed E-state index contributed by atoms with van der Waals surface area (Å²) in [5.41, 5.74) is 3.24. The van der Waals surface area contributed by atoms with Gasteiger partial charge in [0, 0.05) is 6.42 Å². The van der Waals surface area contributed by atoms with Gasteiger partial charge in [0.05, 0.1) is 7.11 Å². The maximum atomic E-state index is 11.1. The predicted octanol–water partition coefficient (Wildman–Crippen LogP) is 3.16. The van der Waals surface area contributed by atoms with E-state index in [9.17, 15) is 9.90 Å². The van der Waals surface area contributed by atoms with Crippen molar-refractivity contribution < 1.29 is 14.6 Å². The van der Waals surface area contributed by atoms with E-state index >= 15 is 0 Å². The Kier molecular flexibility index (Phi) is 4.18. The maximum absolute atomic E-state index is 11.1. The fourth-order valence-electron chi connectivity index (χ4n) is 1.87. The molecular formula is C16H16O3. The fraction of sp³-hybridized carbons (Fsp3) is 0.188. The van der Waals surface area contributed by atoms with Crippen molar-refractivity contribution in [1.29, 1.82) is 0 Å². The van der Waals surface area contributed by atoms with Crippen molar-refractivity contribution in [2.45, 2.75) is 12.8 Å². The number of methoxy groups -OCH3 is 1. The number of rotatable bonds is 4. The first kappa shape index (κ1) is 13.1. The third kappa shape index (κ3) is 3.58. The molecule has 0 fully saturated rings. The first-order valence-electron chi connectivity index (χ1n) is 6.14. The minimum atomic E-state index is -0.192. The van der Waals surface area contributed by atoms with Gasteiger partial charge in [-0.25, -0.2) is 0 Å². The second kappa shape index (κ2) is 6.05. The molecule has 3 heteroatoms. The highest BCUT2D eigenvalue weighted by Gasteiger charge is 2.02. The summed E-state index contributed by atoms with van der Waals surface area (Å²) in [5.74, 6) is 0.0704. The first-order chi connectivity index (χ1) is 9.19. The van der Waals surface area contributed by atoms with Crippen LogP contribution in [0.5, 0.6) is 5.75 Å². The number of aromatic hydroxyl groups is 1. The molecule has 2 rings (SSSR count). The summed E-state index contributed by atoms with van der Waals surface area (Å²) in [6.45, 7) is 0. The molecule has 3 nitrogen and oxygen atoms in total. The zero-order valence-electron chi connectivity index (χ0n) is 10.8. The summed E-state index contributed by atoms with van der Waals surface area (Å²) in [4.78, 5) is 11.1. The Morgan fingerprint density at radius 2 is 1.53 bits per heavy atom. The Hall–Kier alpha value is -2.29. The molecule has 0 unspecified atom stereocenters. The van der Waals surface area contributed by atoms with E-state index in [0.717, 1.165) is 16.7 Å². The van der Waals surface area contributed by atoms with Crippen molar-refractivity contribution in [3.63, 3.8) is 0 Å². The van der Waals surface area contributed by atoms with Gasteiger partial charge < -0.3 is 9.84 Å². The number of benzene rings is 2. The highest BCUT2D eigenvalue weighted by molar-refractivity contribution is 5.69. The number of carbonyl (C=O) groups is 1. The summed E-state index contributed by atoms with van der Waals surface area (Å²) >= 11 is 0. The largest absolute Gasteiger partial charge is 0.508 e. The lowest BCUT2D eigenvalue weighted by atomic mass is 10.0. The van der Waals surface area contributed by atoms with Crippen molar-refractivity contribution in [3.8, 4) is 16.9 Å². The number of hydrogen-bond acceptors (Lipinski definition) is 3. The van der Waals surface area contributed by atoms with Crippen molar-refractivity contribution in [2.75, 3.05) is 7.11 Å². The van der Waals surface area contributed by atoms with Gasteiger partial charge >= 0.3 is 5.97 Å². The van der Waals surface area contributed by atoms with Gasteiger partial charge in [0.25, 0.3) is 0 Å². The average molecular weight is 256 g/mol. The van der Waals surface area contributed by atoms with E-state index in [1.165, 1.54) is 7.11 Å².